The molecule has 0 saturated heterocycles. The van der Waals surface area contributed by atoms with Crippen molar-refractivity contribution in [2.45, 2.75) is 59.5 Å². The number of benzene rings is 3. The van der Waals surface area contributed by atoms with Gasteiger partial charge in [0, 0.05) is 19.5 Å². The molecule has 5 nitrogen and oxygen atoms in total. The Hall–Kier alpha value is -3.67. The third-order valence-electron chi connectivity index (χ3n) is 6.48. The standard InChI is InChI=1S/C31H37FN2O3/c1-5-6-16-33-31(36)28(19-25-10-8-7-9-11-25)34(20-26-12-14-27(32)15-13-26)30(35)21-37-29-18-22(2)17-23(3)24(29)4/h7-15,17-18,28H,5-6,16,19-21H2,1-4H3,(H,33,36)/t28-/m1/s1. The van der Waals surface area contributed by atoms with Crippen LogP contribution < -0.4 is 10.1 Å². The topological polar surface area (TPSA) is 58.6 Å². The minimum absolute atomic E-state index is 0.160. The number of rotatable bonds is 12. The molecule has 1 atom stereocenters. The van der Waals surface area contributed by atoms with Crippen LogP contribution in [-0.4, -0.2) is 35.9 Å². The molecular weight excluding hydrogens is 467 g/mol. The zero-order valence-electron chi connectivity index (χ0n) is 22.2. The Kier molecular flexibility index (Phi) is 10.2. The average Bonchev–Trinajstić information content (AvgIpc) is 2.89. The number of amides is 2. The Morgan fingerprint density at radius 2 is 1.68 bits per heavy atom. The summed E-state index contributed by atoms with van der Waals surface area (Å²) in [5.74, 6) is -0.224. The van der Waals surface area contributed by atoms with Crippen LogP contribution in [0.1, 0.15) is 47.6 Å². The molecule has 3 rings (SSSR count). The first-order chi connectivity index (χ1) is 17.8. The number of hydrogen-bond donors (Lipinski definition) is 1. The molecule has 0 fully saturated rings. The number of hydrogen-bond acceptors (Lipinski definition) is 3. The van der Waals surface area contributed by atoms with Gasteiger partial charge in [-0.15, -0.1) is 0 Å². The van der Waals surface area contributed by atoms with Crippen LogP contribution in [0.4, 0.5) is 4.39 Å². The van der Waals surface area contributed by atoms with E-state index in [-0.39, 0.29) is 30.8 Å². The zero-order valence-corrected chi connectivity index (χ0v) is 22.2. The predicted octanol–water partition coefficient (Wildman–Crippen LogP) is 5.69. The highest BCUT2D eigenvalue weighted by Crippen LogP contribution is 2.24. The lowest BCUT2D eigenvalue weighted by Gasteiger charge is -2.31. The zero-order chi connectivity index (χ0) is 26.8. The summed E-state index contributed by atoms with van der Waals surface area (Å²) in [6.45, 7) is 8.50. The number of nitrogens with one attached hydrogen (secondary N) is 1. The summed E-state index contributed by atoms with van der Waals surface area (Å²) < 4.78 is 19.6. The van der Waals surface area contributed by atoms with E-state index in [0.717, 1.165) is 40.7 Å². The molecule has 0 bridgehead atoms. The van der Waals surface area contributed by atoms with E-state index in [9.17, 15) is 14.0 Å². The van der Waals surface area contributed by atoms with Crippen molar-refractivity contribution < 1.29 is 18.7 Å². The van der Waals surface area contributed by atoms with Crippen molar-refractivity contribution in [3.05, 3.63) is 100 Å². The molecule has 196 valence electrons. The van der Waals surface area contributed by atoms with Gasteiger partial charge in [0.15, 0.2) is 6.61 Å². The van der Waals surface area contributed by atoms with Gasteiger partial charge in [-0.25, -0.2) is 4.39 Å². The van der Waals surface area contributed by atoms with Crippen LogP contribution in [0.3, 0.4) is 0 Å². The normalized spacial score (nSPS) is 11.6. The van der Waals surface area contributed by atoms with Gasteiger partial charge in [-0.05, 0) is 73.2 Å². The molecule has 0 unspecified atom stereocenters. The molecule has 3 aromatic carbocycles. The van der Waals surface area contributed by atoms with Gasteiger partial charge in [0.2, 0.25) is 5.91 Å². The molecular formula is C31H37FN2O3. The predicted molar refractivity (Wildman–Crippen MR) is 145 cm³/mol. The first kappa shape index (κ1) is 27.9. The minimum atomic E-state index is -0.749. The number of carbonyl (C=O) groups is 2. The lowest BCUT2D eigenvalue weighted by molar-refractivity contribution is -0.142. The maximum Gasteiger partial charge on any atom is 0.261 e. The summed E-state index contributed by atoms with van der Waals surface area (Å²) in [6.07, 6.45) is 2.16. The smallest absolute Gasteiger partial charge is 0.261 e. The fourth-order valence-corrected chi connectivity index (χ4v) is 4.22. The Morgan fingerprint density at radius 1 is 0.973 bits per heavy atom. The van der Waals surface area contributed by atoms with Gasteiger partial charge in [0.05, 0.1) is 0 Å². The summed E-state index contributed by atoms with van der Waals surface area (Å²) in [7, 11) is 0. The lowest BCUT2D eigenvalue weighted by atomic mass is 10.0. The molecule has 37 heavy (non-hydrogen) atoms. The van der Waals surface area contributed by atoms with Crippen LogP contribution in [0.25, 0.3) is 0 Å². The third kappa shape index (κ3) is 8.17. The molecule has 1 N–H and O–H groups in total. The molecule has 0 radical (unpaired) electrons. The molecule has 3 aromatic rings. The van der Waals surface area contributed by atoms with Crippen molar-refractivity contribution in [1.82, 2.24) is 10.2 Å². The highest BCUT2D eigenvalue weighted by molar-refractivity contribution is 5.88. The summed E-state index contributed by atoms with van der Waals surface area (Å²) in [5.41, 5.74) is 4.79. The molecule has 0 spiro atoms. The van der Waals surface area contributed by atoms with Gasteiger partial charge in [-0.3, -0.25) is 9.59 Å². The Labute approximate surface area is 219 Å². The molecule has 6 heteroatoms. The van der Waals surface area contributed by atoms with E-state index in [1.807, 2.05) is 57.2 Å². The van der Waals surface area contributed by atoms with E-state index in [0.29, 0.717) is 18.7 Å². The molecule has 0 heterocycles. The lowest BCUT2D eigenvalue weighted by Crippen LogP contribution is -2.51. The number of halogens is 1. The van der Waals surface area contributed by atoms with Crippen LogP contribution >= 0.6 is 0 Å². The van der Waals surface area contributed by atoms with Crippen molar-refractivity contribution in [2.75, 3.05) is 13.2 Å². The quantitative estimate of drug-likeness (QED) is 0.323. The van der Waals surface area contributed by atoms with Gasteiger partial charge in [-0.2, -0.15) is 0 Å². The van der Waals surface area contributed by atoms with E-state index in [2.05, 4.69) is 18.3 Å². The maximum absolute atomic E-state index is 13.7. The monoisotopic (exact) mass is 504 g/mol. The number of ether oxygens (including phenoxy) is 1. The third-order valence-corrected chi connectivity index (χ3v) is 6.48. The second-order valence-corrected chi connectivity index (χ2v) is 9.49. The number of carbonyl (C=O) groups excluding carboxylic acids is 2. The Bertz CT molecular complexity index is 1180. The van der Waals surface area contributed by atoms with Gasteiger partial charge >= 0.3 is 0 Å². The summed E-state index contributed by atoms with van der Waals surface area (Å²) in [6, 6.07) is 18.9. The first-order valence-electron chi connectivity index (χ1n) is 12.8. The van der Waals surface area contributed by atoms with Crippen molar-refractivity contribution in [3.8, 4) is 5.75 Å². The number of nitrogens with zero attached hydrogens (tertiary/aromatic N) is 1. The van der Waals surface area contributed by atoms with E-state index in [4.69, 9.17) is 4.74 Å². The molecule has 0 saturated carbocycles. The van der Waals surface area contributed by atoms with Crippen molar-refractivity contribution in [2.24, 2.45) is 0 Å². The Morgan fingerprint density at radius 3 is 2.35 bits per heavy atom. The fourth-order valence-electron chi connectivity index (χ4n) is 4.22. The van der Waals surface area contributed by atoms with Crippen molar-refractivity contribution in [3.63, 3.8) is 0 Å². The molecule has 0 aliphatic rings. The minimum Gasteiger partial charge on any atom is -0.483 e. The second-order valence-electron chi connectivity index (χ2n) is 9.49. The van der Waals surface area contributed by atoms with E-state index in [1.54, 1.807) is 17.0 Å². The molecule has 0 aliphatic heterocycles. The van der Waals surface area contributed by atoms with Crippen molar-refractivity contribution in [1.29, 1.82) is 0 Å². The van der Waals surface area contributed by atoms with Crippen LogP contribution in [0, 0.1) is 26.6 Å². The maximum atomic E-state index is 13.7. The SMILES string of the molecule is CCCCNC(=O)[C@@H](Cc1ccccc1)N(Cc1ccc(F)cc1)C(=O)COc1cc(C)cc(C)c1C. The van der Waals surface area contributed by atoms with Gasteiger partial charge in [0.25, 0.3) is 5.91 Å². The van der Waals surface area contributed by atoms with Gasteiger partial charge < -0.3 is 15.0 Å². The van der Waals surface area contributed by atoms with Crippen LogP contribution in [0.2, 0.25) is 0 Å². The summed E-state index contributed by atoms with van der Waals surface area (Å²) >= 11 is 0. The Balaban J connectivity index is 1.91. The van der Waals surface area contributed by atoms with E-state index in [1.165, 1.54) is 12.1 Å². The summed E-state index contributed by atoms with van der Waals surface area (Å²) in [5, 5.41) is 3.00. The molecule has 0 aromatic heterocycles. The van der Waals surface area contributed by atoms with Crippen LogP contribution in [-0.2, 0) is 22.6 Å². The van der Waals surface area contributed by atoms with Gasteiger partial charge in [-0.1, -0.05) is 61.9 Å². The van der Waals surface area contributed by atoms with Crippen LogP contribution in [0.5, 0.6) is 5.75 Å². The van der Waals surface area contributed by atoms with Crippen molar-refractivity contribution >= 4 is 11.8 Å². The van der Waals surface area contributed by atoms with E-state index < -0.39 is 6.04 Å². The molecule has 2 amide bonds. The summed E-state index contributed by atoms with van der Waals surface area (Å²) in [4.78, 5) is 28.7. The van der Waals surface area contributed by atoms with Gasteiger partial charge in [0.1, 0.15) is 17.6 Å². The first-order valence-corrected chi connectivity index (χ1v) is 12.8. The fraction of sp³-hybridized carbons (Fsp3) is 0.355. The van der Waals surface area contributed by atoms with E-state index >= 15 is 0 Å². The highest BCUT2D eigenvalue weighted by atomic mass is 19.1. The average molecular weight is 505 g/mol. The largest absolute Gasteiger partial charge is 0.483 e. The number of unbranched alkanes of at least 4 members (excludes halogenated alkanes) is 1. The number of aryl methyl sites for hydroxylation is 2. The molecule has 0 aliphatic carbocycles. The van der Waals surface area contributed by atoms with Crippen LogP contribution in [0.15, 0.2) is 66.7 Å². The second kappa shape index (κ2) is 13.6. The highest BCUT2D eigenvalue weighted by Gasteiger charge is 2.30.